The lowest BCUT2D eigenvalue weighted by atomic mass is 10.0. The highest BCUT2D eigenvalue weighted by Crippen LogP contribution is 2.22. The number of amides is 1. The minimum atomic E-state index is -0.634. The minimum absolute atomic E-state index is 0.0545. The number of aryl methyl sites for hydroxylation is 1. The first-order valence-corrected chi connectivity index (χ1v) is 7.22. The molecule has 1 unspecified atom stereocenters. The quantitative estimate of drug-likeness (QED) is 0.765. The van der Waals surface area contributed by atoms with Crippen LogP contribution in [0.5, 0.6) is 11.6 Å². The summed E-state index contributed by atoms with van der Waals surface area (Å²) in [6.07, 6.45) is -0.548. The van der Waals surface area contributed by atoms with Gasteiger partial charge in [-0.15, -0.1) is 5.10 Å². The highest BCUT2D eigenvalue weighted by Gasteiger charge is 2.14. The number of aliphatic hydroxyl groups excluding tert-OH is 1. The van der Waals surface area contributed by atoms with E-state index < -0.39 is 6.10 Å². The highest BCUT2D eigenvalue weighted by atomic mass is 16.5. The maximum atomic E-state index is 11.8. The number of nitrogens with one attached hydrogen (secondary N) is 2. The average molecular weight is 303 g/mol. The first-order valence-electron chi connectivity index (χ1n) is 7.22. The molecular formula is C16H21N3O3. The molecule has 0 aliphatic heterocycles. The summed E-state index contributed by atoms with van der Waals surface area (Å²) in [5.74, 6) is 0.970. The second-order valence-corrected chi connectivity index (χ2v) is 5.58. The first-order chi connectivity index (χ1) is 10.4. The van der Waals surface area contributed by atoms with Crippen LogP contribution in [0.4, 0.5) is 5.69 Å². The second-order valence-electron chi connectivity index (χ2n) is 5.58. The van der Waals surface area contributed by atoms with Gasteiger partial charge in [0.2, 0.25) is 11.8 Å². The lowest BCUT2D eigenvalue weighted by molar-refractivity contribution is -0.118. The third-order valence-electron chi connectivity index (χ3n) is 3.21. The summed E-state index contributed by atoms with van der Waals surface area (Å²) in [5.41, 5.74) is 1.58. The molecule has 118 valence electrons. The van der Waals surface area contributed by atoms with Gasteiger partial charge >= 0.3 is 0 Å². The normalized spacial score (nSPS) is 12.2. The van der Waals surface area contributed by atoms with Crippen LogP contribution >= 0.6 is 0 Å². The molecule has 0 bridgehead atoms. The molecule has 0 fully saturated rings. The molecular weight excluding hydrogens is 282 g/mol. The van der Waals surface area contributed by atoms with Gasteiger partial charge in [0, 0.05) is 17.4 Å². The largest absolute Gasteiger partial charge is 0.438 e. The number of anilines is 1. The number of carbonyl (C=O) groups is 1. The molecule has 2 rings (SSSR count). The van der Waals surface area contributed by atoms with Crippen molar-refractivity contribution < 1.29 is 14.6 Å². The number of ether oxygens (including phenoxy) is 1. The van der Waals surface area contributed by atoms with E-state index in [0.29, 0.717) is 17.3 Å². The molecule has 1 aromatic heterocycles. The fourth-order valence-corrected chi connectivity index (χ4v) is 1.81. The summed E-state index contributed by atoms with van der Waals surface area (Å²) in [7, 11) is 0. The fourth-order valence-electron chi connectivity index (χ4n) is 1.81. The summed E-state index contributed by atoms with van der Waals surface area (Å²) in [4.78, 5) is 11.8. The Morgan fingerprint density at radius 2 is 2.05 bits per heavy atom. The zero-order valence-corrected chi connectivity index (χ0v) is 13.0. The SMILES string of the molecule is Cc1cc(Oc2ccc(NC(=O)CC(O)C(C)C)cc2)n[nH]1. The molecule has 0 aliphatic rings. The summed E-state index contributed by atoms with van der Waals surface area (Å²) in [6.45, 7) is 5.64. The van der Waals surface area contributed by atoms with Gasteiger partial charge in [0.25, 0.3) is 0 Å². The van der Waals surface area contributed by atoms with Crippen LogP contribution < -0.4 is 10.1 Å². The van der Waals surface area contributed by atoms with Crippen LogP contribution in [-0.4, -0.2) is 27.3 Å². The first kappa shape index (κ1) is 16.0. The number of H-pyrrole nitrogens is 1. The van der Waals surface area contributed by atoms with E-state index in [0.717, 1.165) is 5.69 Å². The lowest BCUT2D eigenvalue weighted by Crippen LogP contribution is -2.23. The fraction of sp³-hybridized carbons (Fsp3) is 0.375. The van der Waals surface area contributed by atoms with Crippen LogP contribution in [0, 0.1) is 12.8 Å². The number of rotatable bonds is 6. The minimum Gasteiger partial charge on any atom is -0.438 e. The molecule has 3 N–H and O–H groups in total. The zero-order chi connectivity index (χ0) is 16.1. The number of aromatic nitrogens is 2. The van der Waals surface area contributed by atoms with Crippen molar-refractivity contribution in [1.82, 2.24) is 10.2 Å². The highest BCUT2D eigenvalue weighted by molar-refractivity contribution is 5.91. The number of carbonyl (C=O) groups excluding carboxylic acids is 1. The van der Waals surface area contributed by atoms with Crippen LogP contribution in [0.15, 0.2) is 30.3 Å². The van der Waals surface area contributed by atoms with Crippen molar-refractivity contribution in [1.29, 1.82) is 0 Å². The van der Waals surface area contributed by atoms with Gasteiger partial charge in [0.05, 0.1) is 12.5 Å². The number of nitrogens with zero attached hydrogens (tertiary/aromatic N) is 1. The third kappa shape index (κ3) is 4.60. The van der Waals surface area contributed by atoms with E-state index in [9.17, 15) is 9.90 Å². The van der Waals surface area contributed by atoms with Crippen molar-refractivity contribution in [3.05, 3.63) is 36.0 Å². The van der Waals surface area contributed by atoms with Gasteiger partial charge in [-0.3, -0.25) is 9.89 Å². The van der Waals surface area contributed by atoms with Crippen LogP contribution in [0.2, 0.25) is 0 Å². The van der Waals surface area contributed by atoms with E-state index in [2.05, 4.69) is 15.5 Å². The Morgan fingerprint density at radius 1 is 1.36 bits per heavy atom. The summed E-state index contributed by atoms with van der Waals surface area (Å²) in [6, 6.07) is 8.78. The van der Waals surface area contributed by atoms with Crippen molar-refractivity contribution in [2.75, 3.05) is 5.32 Å². The van der Waals surface area contributed by atoms with Crippen LogP contribution in [0.1, 0.15) is 26.0 Å². The number of benzene rings is 1. The average Bonchev–Trinajstić information content (AvgIpc) is 2.86. The predicted octanol–water partition coefficient (Wildman–Crippen LogP) is 2.86. The molecule has 1 atom stereocenters. The summed E-state index contributed by atoms with van der Waals surface area (Å²) < 4.78 is 5.56. The van der Waals surface area contributed by atoms with E-state index in [1.54, 1.807) is 30.3 Å². The standard InChI is InChI=1S/C16H21N3O3/c1-10(2)14(20)9-15(21)17-12-4-6-13(7-5-12)22-16-8-11(3)18-19-16/h4-8,10,14,20H,9H2,1-3H3,(H,17,21)(H,18,19). The molecule has 6 nitrogen and oxygen atoms in total. The number of aromatic amines is 1. The van der Waals surface area contributed by atoms with E-state index in [4.69, 9.17) is 4.74 Å². The Hall–Kier alpha value is -2.34. The van der Waals surface area contributed by atoms with Gasteiger partial charge in [0.15, 0.2) is 0 Å². The molecule has 1 heterocycles. The molecule has 2 aromatic rings. The van der Waals surface area contributed by atoms with E-state index >= 15 is 0 Å². The van der Waals surface area contributed by atoms with Gasteiger partial charge in [-0.05, 0) is 37.1 Å². The maximum Gasteiger partial charge on any atom is 0.238 e. The van der Waals surface area contributed by atoms with Crippen molar-refractivity contribution in [3.63, 3.8) is 0 Å². The van der Waals surface area contributed by atoms with E-state index in [-0.39, 0.29) is 18.2 Å². The van der Waals surface area contributed by atoms with E-state index in [1.807, 2.05) is 20.8 Å². The molecule has 0 saturated heterocycles. The van der Waals surface area contributed by atoms with Gasteiger partial charge in [-0.25, -0.2) is 0 Å². The molecule has 6 heteroatoms. The predicted molar refractivity (Wildman–Crippen MR) is 83.9 cm³/mol. The van der Waals surface area contributed by atoms with Crippen molar-refractivity contribution in [2.45, 2.75) is 33.3 Å². The smallest absolute Gasteiger partial charge is 0.238 e. The Labute approximate surface area is 129 Å². The second kappa shape index (κ2) is 7.09. The Bertz CT molecular complexity index is 620. The summed E-state index contributed by atoms with van der Waals surface area (Å²) >= 11 is 0. The molecule has 1 aromatic carbocycles. The summed E-state index contributed by atoms with van der Waals surface area (Å²) in [5, 5.41) is 19.2. The number of hydrogen-bond donors (Lipinski definition) is 3. The number of aliphatic hydroxyl groups is 1. The maximum absolute atomic E-state index is 11.8. The van der Waals surface area contributed by atoms with Crippen LogP contribution in [0.3, 0.4) is 0 Å². The number of hydrogen-bond acceptors (Lipinski definition) is 4. The van der Waals surface area contributed by atoms with Gasteiger partial charge in [-0.1, -0.05) is 13.8 Å². The van der Waals surface area contributed by atoms with Crippen LogP contribution in [-0.2, 0) is 4.79 Å². The van der Waals surface area contributed by atoms with E-state index in [1.165, 1.54) is 0 Å². The molecule has 0 spiro atoms. The van der Waals surface area contributed by atoms with Gasteiger partial charge < -0.3 is 15.2 Å². The Kier molecular flexibility index (Phi) is 5.16. The molecule has 0 saturated carbocycles. The molecule has 1 amide bonds. The zero-order valence-electron chi connectivity index (χ0n) is 13.0. The van der Waals surface area contributed by atoms with Crippen molar-refractivity contribution in [3.8, 4) is 11.6 Å². The molecule has 0 aliphatic carbocycles. The topological polar surface area (TPSA) is 87.2 Å². The Morgan fingerprint density at radius 3 is 2.59 bits per heavy atom. The third-order valence-corrected chi connectivity index (χ3v) is 3.21. The van der Waals surface area contributed by atoms with Crippen molar-refractivity contribution >= 4 is 11.6 Å². The van der Waals surface area contributed by atoms with Crippen molar-refractivity contribution in [2.24, 2.45) is 5.92 Å². The molecule has 22 heavy (non-hydrogen) atoms. The Balaban J connectivity index is 1.90. The monoisotopic (exact) mass is 303 g/mol. The van der Waals surface area contributed by atoms with Gasteiger partial charge in [-0.2, -0.15) is 0 Å². The van der Waals surface area contributed by atoms with Gasteiger partial charge in [0.1, 0.15) is 5.75 Å². The molecule has 0 radical (unpaired) electrons. The lowest BCUT2D eigenvalue weighted by Gasteiger charge is -2.14. The van der Waals surface area contributed by atoms with Crippen LogP contribution in [0.25, 0.3) is 0 Å².